The summed E-state index contributed by atoms with van der Waals surface area (Å²) in [6, 6.07) is 15.7. The molecule has 1 N–H and O–H groups in total. The first-order chi connectivity index (χ1) is 14.1. The second-order valence-electron chi connectivity index (χ2n) is 7.55. The van der Waals surface area contributed by atoms with Gasteiger partial charge in [-0.25, -0.2) is 0 Å². The normalized spacial score (nSPS) is 17.4. The molecule has 29 heavy (non-hydrogen) atoms. The first-order valence-corrected chi connectivity index (χ1v) is 10.2. The van der Waals surface area contributed by atoms with Crippen LogP contribution in [0.1, 0.15) is 47.6 Å². The molecule has 0 saturated carbocycles. The topological polar surface area (TPSA) is 69.7 Å². The molecule has 1 atom stereocenters. The summed E-state index contributed by atoms with van der Waals surface area (Å²) in [4.78, 5) is 41.7. The summed E-state index contributed by atoms with van der Waals surface area (Å²) in [7, 11) is 0. The maximum atomic E-state index is 13.1. The molecular formula is C23H25N3O3. The van der Waals surface area contributed by atoms with Crippen LogP contribution in [-0.2, 0) is 9.59 Å². The van der Waals surface area contributed by atoms with Crippen molar-refractivity contribution in [1.29, 1.82) is 0 Å². The van der Waals surface area contributed by atoms with Crippen LogP contribution in [0.5, 0.6) is 0 Å². The van der Waals surface area contributed by atoms with Gasteiger partial charge in [-0.3, -0.25) is 14.4 Å². The number of likely N-dealkylation sites (tertiary alicyclic amines) is 1. The van der Waals surface area contributed by atoms with Crippen molar-refractivity contribution in [3.05, 3.63) is 65.7 Å². The van der Waals surface area contributed by atoms with Crippen molar-refractivity contribution >= 4 is 23.4 Å². The molecule has 2 fully saturated rings. The van der Waals surface area contributed by atoms with Gasteiger partial charge in [-0.15, -0.1) is 0 Å². The molecule has 2 saturated heterocycles. The van der Waals surface area contributed by atoms with Gasteiger partial charge >= 0.3 is 0 Å². The number of hydrogen-bond acceptors (Lipinski definition) is 3. The molecule has 150 valence electrons. The molecule has 2 heterocycles. The van der Waals surface area contributed by atoms with Crippen LogP contribution in [0.3, 0.4) is 0 Å². The molecule has 0 spiro atoms. The number of nitrogens with zero attached hydrogens (tertiary/aromatic N) is 2. The quantitative estimate of drug-likeness (QED) is 0.852. The predicted octanol–water partition coefficient (Wildman–Crippen LogP) is 2.91. The van der Waals surface area contributed by atoms with Gasteiger partial charge in [-0.05, 0) is 43.0 Å². The minimum atomic E-state index is -0.723. The number of rotatable bonds is 5. The zero-order chi connectivity index (χ0) is 20.2. The zero-order valence-electron chi connectivity index (χ0n) is 16.3. The lowest BCUT2D eigenvalue weighted by Gasteiger charge is -2.24. The molecular weight excluding hydrogens is 366 g/mol. The third-order valence-corrected chi connectivity index (χ3v) is 5.57. The maximum absolute atomic E-state index is 13.1. The van der Waals surface area contributed by atoms with Gasteiger partial charge in [0.05, 0.1) is 0 Å². The van der Waals surface area contributed by atoms with Gasteiger partial charge in [-0.1, -0.05) is 36.4 Å². The molecule has 2 aromatic carbocycles. The Kier molecular flexibility index (Phi) is 5.60. The lowest BCUT2D eigenvalue weighted by Crippen LogP contribution is -2.41. The zero-order valence-corrected chi connectivity index (χ0v) is 16.3. The Balaban J connectivity index is 1.56. The minimum absolute atomic E-state index is 0.0760. The van der Waals surface area contributed by atoms with Crippen LogP contribution in [0.15, 0.2) is 54.6 Å². The van der Waals surface area contributed by atoms with E-state index in [1.165, 1.54) is 0 Å². The average Bonchev–Trinajstić information content (AvgIpc) is 3.44. The molecule has 0 aromatic heterocycles. The van der Waals surface area contributed by atoms with Crippen LogP contribution in [0.2, 0.25) is 0 Å². The van der Waals surface area contributed by atoms with Crippen molar-refractivity contribution in [1.82, 2.24) is 10.2 Å². The molecule has 2 aliphatic rings. The van der Waals surface area contributed by atoms with Crippen LogP contribution in [0, 0.1) is 0 Å². The highest BCUT2D eigenvalue weighted by Gasteiger charge is 2.29. The molecule has 4 rings (SSSR count). The van der Waals surface area contributed by atoms with Gasteiger partial charge in [0.1, 0.15) is 6.04 Å². The minimum Gasteiger partial charge on any atom is -0.341 e. The Morgan fingerprint density at radius 1 is 0.897 bits per heavy atom. The molecule has 6 nitrogen and oxygen atoms in total. The van der Waals surface area contributed by atoms with E-state index < -0.39 is 6.04 Å². The van der Waals surface area contributed by atoms with Crippen molar-refractivity contribution < 1.29 is 14.4 Å². The Morgan fingerprint density at radius 2 is 1.66 bits per heavy atom. The van der Waals surface area contributed by atoms with Gasteiger partial charge in [-0.2, -0.15) is 0 Å². The predicted molar refractivity (Wildman–Crippen MR) is 110 cm³/mol. The number of nitrogens with one attached hydrogen (secondary N) is 1. The summed E-state index contributed by atoms with van der Waals surface area (Å²) in [6.45, 7) is 2.12. The summed E-state index contributed by atoms with van der Waals surface area (Å²) >= 11 is 0. The van der Waals surface area contributed by atoms with Crippen molar-refractivity contribution in [3.8, 4) is 0 Å². The highest BCUT2D eigenvalue weighted by atomic mass is 16.2. The van der Waals surface area contributed by atoms with Crippen LogP contribution < -0.4 is 10.2 Å². The van der Waals surface area contributed by atoms with E-state index >= 15 is 0 Å². The van der Waals surface area contributed by atoms with Gasteiger partial charge < -0.3 is 15.1 Å². The third kappa shape index (κ3) is 4.16. The number of hydrogen-bond donors (Lipinski definition) is 1. The monoisotopic (exact) mass is 391 g/mol. The number of carbonyl (C=O) groups is 3. The van der Waals surface area contributed by atoms with Crippen molar-refractivity contribution in [2.75, 3.05) is 24.5 Å². The van der Waals surface area contributed by atoms with Gasteiger partial charge in [0.15, 0.2) is 0 Å². The SMILES string of the molecule is O=C(N[C@H](C(=O)N1CCCC1)c1ccccc1)c1cccc(N2CCCC2=O)c1. The molecule has 0 bridgehead atoms. The molecule has 0 aliphatic carbocycles. The average molecular weight is 391 g/mol. The fraction of sp³-hybridized carbons (Fsp3) is 0.348. The highest BCUT2D eigenvalue weighted by Crippen LogP contribution is 2.24. The Labute approximate surface area is 170 Å². The number of amides is 3. The molecule has 3 amide bonds. The Hall–Kier alpha value is -3.15. The van der Waals surface area contributed by atoms with Crippen molar-refractivity contribution in [3.63, 3.8) is 0 Å². The molecule has 0 radical (unpaired) electrons. The number of carbonyl (C=O) groups excluding carboxylic acids is 3. The fourth-order valence-electron chi connectivity index (χ4n) is 4.00. The van der Waals surface area contributed by atoms with E-state index in [4.69, 9.17) is 0 Å². The lowest BCUT2D eigenvalue weighted by atomic mass is 10.0. The first-order valence-electron chi connectivity index (χ1n) is 10.2. The Bertz CT molecular complexity index is 907. The molecule has 2 aliphatic heterocycles. The second kappa shape index (κ2) is 8.47. The molecule has 0 unspecified atom stereocenters. The highest BCUT2D eigenvalue weighted by molar-refractivity contribution is 6.00. The van der Waals surface area contributed by atoms with E-state index in [2.05, 4.69) is 5.32 Å². The van der Waals surface area contributed by atoms with Crippen molar-refractivity contribution in [2.45, 2.75) is 31.7 Å². The Morgan fingerprint density at radius 3 is 2.34 bits per heavy atom. The van der Waals surface area contributed by atoms with Crippen LogP contribution in [0.4, 0.5) is 5.69 Å². The smallest absolute Gasteiger partial charge is 0.252 e. The maximum Gasteiger partial charge on any atom is 0.252 e. The lowest BCUT2D eigenvalue weighted by molar-refractivity contribution is -0.132. The van der Waals surface area contributed by atoms with E-state index in [0.29, 0.717) is 18.5 Å². The number of anilines is 1. The van der Waals surface area contributed by atoms with Gasteiger partial charge in [0, 0.05) is 37.3 Å². The van der Waals surface area contributed by atoms with Crippen molar-refractivity contribution in [2.24, 2.45) is 0 Å². The second-order valence-corrected chi connectivity index (χ2v) is 7.55. The van der Waals surface area contributed by atoms with Crippen LogP contribution in [-0.4, -0.2) is 42.3 Å². The van der Waals surface area contributed by atoms with Crippen LogP contribution in [0.25, 0.3) is 0 Å². The van der Waals surface area contributed by atoms with E-state index in [0.717, 1.165) is 43.6 Å². The van der Waals surface area contributed by atoms with E-state index in [1.807, 2.05) is 41.3 Å². The van der Waals surface area contributed by atoms with Crippen LogP contribution >= 0.6 is 0 Å². The third-order valence-electron chi connectivity index (χ3n) is 5.57. The molecule has 2 aromatic rings. The fourth-order valence-corrected chi connectivity index (χ4v) is 4.00. The van der Waals surface area contributed by atoms with E-state index in [-0.39, 0.29) is 17.7 Å². The van der Waals surface area contributed by atoms with E-state index in [1.54, 1.807) is 23.1 Å². The summed E-state index contributed by atoms with van der Waals surface area (Å²) < 4.78 is 0. The molecule has 6 heteroatoms. The van der Waals surface area contributed by atoms with E-state index in [9.17, 15) is 14.4 Å². The largest absolute Gasteiger partial charge is 0.341 e. The summed E-state index contributed by atoms with van der Waals surface area (Å²) in [5, 5.41) is 2.92. The summed E-state index contributed by atoms with van der Waals surface area (Å²) in [6.07, 6.45) is 3.35. The first kappa shape index (κ1) is 19.2. The summed E-state index contributed by atoms with van der Waals surface area (Å²) in [5.41, 5.74) is 1.93. The van der Waals surface area contributed by atoms with Gasteiger partial charge in [0.2, 0.25) is 11.8 Å². The number of benzene rings is 2. The van der Waals surface area contributed by atoms with Gasteiger partial charge in [0.25, 0.3) is 5.91 Å². The summed E-state index contributed by atoms with van der Waals surface area (Å²) in [5.74, 6) is -0.318. The standard InChI is InChI=1S/C23H25N3O3/c27-20-12-7-15-26(20)19-11-6-10-18(16-19)22(28)24-21(17-8-2-1-3-9-17)23(29)25-13-4-5-14-25/h1-3,6,8-11,16,21H,4-5,7,12-15H2,(H,24,28)/t21-/m0/s1.